The van der Waals surface area contributed by atoms with E-state index < -0.39 is 5.97 Å². The lowest BCUT2D eigenvalue weighted by molar-refractivity contribution is -0.138. The van der Waals surface area contributed by atoms with E-state index in [1.807, 2.05) is 48.6 Å². The summed E-state index contributed by atoms with van der Waals surface area (Å²) in [5, 5.41) is 0. The van der Waals surface area contributed by atoms with E-state index in [0.717, 1.165) is 11.1 Å². The topological polar surface area (TPSA) is 55.4 Å². The number of Topliss-reactive ketones (excluding diaryl/α,β-unsaturated/α-hetero) is 1. The Morgan fingerprint density at radius 2 is 1.73 bits per heavy atom. The smallest absolute Gasteiger partial charge is 0.329 e. The number of nitrogens with one attached hydrogen (secondary N) is 1. The Labute approximate surface area is 129 Å². The molecule has 0 aromatic heterocycles. The summed E-state index contributed by atoms with van der Waals surface area (Å²) < 4.78 is 0. The standard InChI is InChI=1S/C18H17NO3/c1-13(20)17-11-10-16(18(12-17)19-22-14(2)21)9-8-15-6-4-3-5-7-15/h3-12,19H,1-2H3. The van der Waals surface area contributed by atoms with Crippen LogP contribution in [0.5, 0.6) is 0 Å². The molecule has 0 unspecified atom stereocenters. The van der Waals surface area contributed by atoms with Crippen LogP contribution in [0.15, 0.2) is 48.5 Å². The molecule has 0 bridgehead atoms. The van der Waals surface area contributed by atoms with Crippen LogP contribution >= 0.6 is 0 Å². The van der Waals surface area contributed by atoms with Crippen molar-refractivity contribution in [1.82, 2.24) is 0 Å². The third kappa shape index (κ3) is 4.31. The first-order valence-electron chi connectivity index (χ1n) is 6.88. The fraction of sp³-hybridized carbons (Fsp3) is 0.111. The number of rotatable bonds is 5. The largest absolute Gasteiger partial charge is 0.344 e. The van der Waals surface area contributed by atoms with Gasteiger partial charge in [0.05, 0.1) is 5.69 Å². The van der Waals surface area contributed by atoms with Crippen molar-refractivity contribution < 1.29 is 14.4 Å². The van der Waals surface area contributed by atoms with Gasteiger partial charge in [-0.05, 0) is 18.6 Å². The Morgan fingerprint density at radius 3 is 2.36 bits per heavy atom. The lowest BCUT2D eigenvalue weighted by Crippen LogP contribution is -2.08. The Balaban J connectivity index is 2.30. The molecule has 1 N–H and O–H groups in total. The van der Waals surface area contributed by atoms with Crippen LogP contribution in [0, 0.1) is 0 Å². The first kappa shape index (κ1) is 15.5. The molecule has 0 spiro atoms. The molecule has 4 heteroatoms. The van der Waals surface area contributed by atoms with E-state index in [1.165, 1.54) is 13.8 Å². The zero-order chi connectivity index (χ0) is 15.9. The molecule has 2 rings (SSSR count). The second-order valence-electron chi connectivity index (χ2n) is 4.80. The summed E-state index contributed by atoms with van der Waals surface area (Å²) in [5.41, 5.74) is 5.57. The number of ketones is 1. The molecular weight excluding hydrogens is 278 g/mol. The minimum atomic E-state index is -0.453. The predicted octanol–water partition coefficient (Wildman–Crippen LogP) is 3.95. The van der Waals surface area contributed by atoms with Crippen molar-refractivity contribution >= 4 is 29.6 Å². The minimum absolute atomic E-state index is 0.0514. The van der Waals surface area contributed by atoms with Gasteiger partial charge in [-0.2, -0.15) is 0 Å². The van der Waals surface area contributed by atoms with Gasteiger partial charge in [0.1, 0.15) is 0 Å². The summed E-state index contributed by atoms with van der Waals surface area (Å²) >= 11 is 0. The molecule has 2 aromatic rings. The summed E-state index contributed by atoms with van der Waals surface area (Å²) in [7, 11) is 0. The highest BCUT2D eigenvalue weighted by Gasteiger charge is 2.06. The van der Waals surface area contributed by atoms with Gasteiger partial charge in [0.25, 0.3) is 0 Å². The van der Waals surface area contributed by atoms with Crippen molar-refractivity contribution in [3.8, 4) is 0 Å². The molecule has 0 fully saturated rings. The van der Waals surface area contributed by atoms with Crippen LogP contribution in [0.4, 0.5) is 5.69 Å². The summed E-state index contributed by atoms with van der Waals surface area (Å²) in [6.45, 7) is 2.80. The fourth-order valence-corrected chi connectivity index (χ4v) is 1.89. The Morgan fingerprint density at radius 1 is 1.00 bits per heavy atom. The van der Waals surface area contributed by atoms with Crippen LogP contribution in [0.25, 0.3) is 12.2 Å². The predicted molar refractivity (Wildman–Crippen MR) is 87.2 cm³/mol. The second kappa shape index (κ2) is 7.22. The first-order chi connectivity index (χ1) is 10.6. The van der Waals surface area contributed by atoms with E-state index in [1.54, 1.807) is 12.1 Å². The lowest BCUT2D eigenvalue weighted by Gasteiger charge is -2.10. The molecule has 0 aliphatic carbocycles. The first-order valence-corrected chi connectivity index (χ1v) is 6.88. The fourth-order valence-electron chi connectivity index (χ4n) is 1.89. The van der Waals surface area contributed by atoms with Crippen molar-refractivity contribution in [3.05, 3.63) is 65.2 Å². The third-order valence-electron chi connectivity index (χ3n) is 3.02. The van der Waals surface area contributed by atoms with E-state index in [-0.39, 0.29) is 5.78 Å². The monoisotopic (exact) mass is 295 g/mol. The van der Waals surface area contributed by atoms with Crippen LogP contribution < -0.4 is 5.48 Å². The number of carbonyl (C=O) groups excluding carboxylic acids is 2. The van der Waals surface area contributed by atoms with Crippen LogP contribution in [0.1, 0.15) is 35.3 Å². The van der Waals surface area contributed by atoms with Crippen LogP contribution in [-0.2, 0) is 9.63 Å². The maximum atomic E-state index is 11.5. The normalized spacial score (nSPS) is 10.5. The SMILES string of the molecule is CC(=O)ONc1cc(C(C)=O)ccc1C=Cc1ccccc1. The molecule has 112 valence electrons. The van der Waals surface area contributed by atoms with Gasteiger partial charge < -0.3 is 4.84 Å². The molecule has 0 heterocycles. The summed E-state index contributed by atoms with van der Waals surface area (Å²) in [6.07, 6.45) is 3.84. The number of hydrogen-bond acceptors (Lipinski definition) is 4. The van der Waals surface area contributed by atoms with Gasteiger partial charge in [-0.1, -0.05) is 54.6 Å². The molecule has 4 nitrogen and oxygen atoms in total. The number of benzene rings is 2. The van der Waals surface area contributed by atoms with E-state index in [4.69, 9.17) is 4.84 Å². The molecule has 0 radical (unpaired) electrons. The van der Waals surface area contributed by atoms with E-state index in [9.17, 15) is 9.59 Å². The van der Waals surface area contributed by atoms with Crippen LogP contribution in [0.3, 0.4) is 0 Å². The van der Waals surface area contributed by atoms with Crippen molar-refractivity contribution in [2.75, 3.05) is 5.48 Å². The molecule has 0 aliphatic rings. The molecule has 0 atom stereocenters. The third-order valence-corrected chi connectivity index (χ3v) is 3.02. The van der Waals surface area contributed by atoms with Crippen molar-refractivity contribution in [2.24, 2.45) is 0 Å². The number of anilines is 1. The summed E-state index contributed by atoms with van der Waals surface area (Å²) in [5.74, 6) is -0.504. The average Bonchev–Trinajstić information content (AvgIpc) is 2.52. The molecule has 0 aliphatic heterocycles. The van der Waals surface area contributed by atoms with E-state index >= 15 is 0 Å². The van der Waals surface area contributed by atoms with Gasteiger partial charge >= 0.3 is 5.97 Å². The molecule has 0 saturated carbocycles. The van der Waals surface area contributed by atoms with Crippen molar-refractivity contribution in [3.63, 3.8) is 0 Å². The van der Waals surface area contributed by atoms with E-state index in [2.05, 4.69) is 5.48 Å². The summed E-state index contributed by atoms with van der Waals surface area (Å²) in [6, 6.07) is 15.0. The quantitative estimate of drug-likeness (QED) is 0.515. The number of hydrogen-bond donors (Lipinski definition) is 1. The van der Waals surface area contributed by atoms with Gasteiger partial charge in [0.15, 0.2) is 5.78 Å². The van der Waals surface area contributed by atoms with Gasteiger partial charge in [-0.25, -0.2) is 5.48 Å². The molecule has 0 saturated heterocycles. The zero-order valence-corrected chi connectivity index (χ0v) is 12.5. The zero-order valence-electron chi connectivity index (χ0n) is 12.5. The highest BCUT2D eigenvalue weighted by molar-refractivity contribution is 5.96. The van der Waals surface area contributed by atoms with Crippen molar-refractivity contribution in [2.45, 2.75) is 13.8 Å². The molecule has 22 heavy (non-hydrogen) atoms. The second-order valence-corrected chi connectivity index (χ2v) is 4.80. The summed E-state index contributed by atoms with van der Waals surface area (Å²) in [4.78, 5) is 27.3. The number of carbonyl (C=O) groups is 2. The van der Waals surface area contributed by atoms with Gasteiger partial charge in [0, 0.05) is 18.1 Å². The molecule has 0 amide bonds. The minimum Gasteiger partial charge on any atom is -0.344 e. The maximum Gasteiger partial charge on any atom is 0.329 e. The van der Waals surface area contributed by atoms with E-state index in [0.29, 0.717) is 11.3 Å². The Hall–Kier alpha value is -2.88. The molecule has 2 aromatic carbocycles. The lowest BCUT2D eigenvalue weighted by atomic mass is 10.1. The Kier molecular flexibility index (Phi) is 5.09. The Bertz CT molecular complexity index is 706. The van der Waals surface area contributed by atoms with Gasteiger partial charge in [-0.15, -0.1) is 0 Å². The maximum absolute atomic E-state index is 11.5. The average molecular weight is 295 g/mol. The van der Waals surface area contributed by atoms with Gasteiger partial charge in [0.2, 0.25) is 0 Å². The highest BCUT2D eigenvalue weighted by atomic mass is 16.7. The van der Waals surface area contributed by atoms with Crippen LogP contribution in [0.2, 0.25) is 0 Å². The molecular formula is C18H17NO3. The van der Waals surface area contributed by atoms with Gasteiger partial charge in [-0.3, -0.25) is 9.59 Å². The highest BCUT2D eigenvalue weighted by Crippen LogP contribution is 2.21. The van der Waals surface area contributed by atoms with Crippen LogP contribution in [-0.4, -0.2) is 11.8 Å². The van der Waals surface area contributed by atoms with Crippen molar-refractivity contribution in [1.29, 1.82) is 0 Å².